The molecule has 1 aromatic carbocycles. The van der Waals surface area contributed by atoms with Gasteiger partial charge >= 0.3 is 5.63 Å². The summed E-state index contributed by atoms with van der Waals surface area (Å²) in [6, 6.07) is 6.81. The predicted octanol–water partition coefficient (Wildman–Crippen LogP) is 3.56. The molecule has 3 rings (SSSR count). The maximum absolute atomic E-state index is 12.3. The molecule has 2 aromatic heterocycles. The van der Waals surface area contributed by atoms with Gasteiger partial charge in [-0.25, -0.2) is 9.78 Å². The van der Waals surface area contributed by atoms with Crippen molar-refractivity contribution in [3.05, 3.63) is 60.3 Å². The second kappa shape index (κ2) is 6.25. The number of carbonyl (C=O) groups is 1. The maximum Gasteiger partial charge on any atom is 0.349 e. The Balaban J connectivity index is 1.87. The van der Waals surface area contributed by atoms with Crippen molar-refractivity contribution in [2.24, 2.45) is 0 Å². The Morgan fingerprint density at radius 2 is 2.13 bits per heavy atom. The largest absolute Gasteiger partial charge is 0.422 e. The van der Waals surface area contributed by atoms with E-state index in [2.05, 4.69) is 26.2 Å². The summed E-state index contributed by atoms with van der Waals surface area (Å²) >= 11 is 4.88. The zero-order valence-electron chi connectivity index (χ0n) is 12.5. The van der Waals surface area contributed by atoms with E-state index >= 15 is 0 Å². The van der Waals surface area contributed by atoms with E-state index in [1.165, 1.54) is 11.3 Å². The maximum atomic E-state index is 12.3. The van der Waals surface area contributed by atoms with E-state index in [1.54, 1.807) is 24.3 Å². The lowest BCUT2D eigenvalue weighted by Crippen LogP contribution is -2.27. The summed E-state index contributed by atoms with van der Waals surface area (Å²) in [6.07, 6.45) is 0. The Hall–Kier alpha value is -1.99. The third kappa shape index (κ3) is 3.35. The molecule has 118 valence electrons. The van der Waals surface area contributed by atoms with E-state index in [9.17, 15) is 9.59 Å². The SMILES string of the molecule is Cc1nc(C)c(CNC(=O)c2cc3cc(Br)ccc3oc2=O)s1. The fourth-order valence-electron chi connectivity index (χ4n) is 2.25. The van der Waals surface area contributed by atoms with Crippen molar-refractivity contribution in [1.82, 2.24) is 10.3 Å². The number of halogens is 1. The van der Waals surface area contributed by atoms with Gasteiger partial charge in [-0.1, -0.05) is 15.9 Å². The van der Waals surface area contributed by atoms with Gasteiger partial charge in [0.15, 0.2) is 0 Å². The summed E-state index contributed by atoms with van der Waals surface area (Å²) in [4.78, 5) is 29.6. The second-order valence-electron chi connectivity index (χ2n) is 5.05. The molecule has 0 radical (unpaired) electrons. The van der Waals surface area contributed by atoms with Crippen LogP contribution >= 0.6 is 27.3 Å². The molecule has 0 saturated carbocycles. The van der Waals surface area contributed by atoms with E-state index in [4.69, 9.17) is 4.42 Å². The van der Waals surface area contributed by atoms with Gasteiger partial charge in [-0.3, -0.25) is 4.79 Å². The summed E-state index contributed by atoms with van der Waals surface area (Å²) in [5.41, 5.74) is 0.690. The number of hydrogen-bond acceptors (Lipinski definition) is 5. The van der Waals surface area contributed by atoms with Gasteiger partial charge in [0.05, 0.1) is 17.2 Å². The highest BCUT2D eigenvalue weighted by molar-refractivity contribution is 9.10. The lowest BCUT2D eigenvalue weighted by atomic mass is 10.2. The number of thiazole rings is 1. The van der Waals surface area contributed by atoms with E-state index in [0.717, 1.165) is 20.1 Å². The Labute approximate surface area is 144 Å². The minimum atomic E-state index is -0.644. The summed E-state index contributed by atoms with van der Waals surface area (Å²) < 4.78 is 6.05. The molecule has 23 heavy (non-hydrogen) atoms. The van der Waals surface area contributed by atoms with Crippen molar-refractivity contribution in [3.8, 4) is 0 Å². The first-order valence-corrected chi connectivity index (χ1v) is 8.49. The van der Waals surface area contributed by atoms with E-state index < -0.39 is 11.5 Å². The Bertz CT molecular complexity index is 962. The van der Waals surface area contributed by atoms with Gasteiger partial charge in [0.1, 0.15) is 11.1 Å². The van der Waals surface area contributed by atoms with Gasteiger partial charge in [-0.15, -0.1) is 11.3 Å². The highest BCUT2D eigenvalue weighted by Gasteiger charge is 2.15. The highest BCUT2D eigenvalue weighted by atomic mass is 79.9. The van der Waals surface area contributed by atoms with Gasteiger partial charge in [-0.05, 0) is 38.1 Å². The van der Waals surface area contributed by atoms with Crippen LogP contribution in [0.3, 0.4) is 0 Å². The van der Waals surface area contributed by atoms with Crippen molar-refractivity contribution in [2.45, 2.75) is 20.4 Å². The van der Waals surface area contributed by atoms with Crippen LogP contribution in [0.1, 0.15) is 25.9 Å². The fraction of sp³-hybridized carbons (Fsp3) is 0.188. The van der Waals surface area contributed by atoms with Gasteiger partial charge in [0.2, 0.25) is 0 Å². The molecule has 0 saturated heterocycles. The van der Waals surface area contributed by atoms with Crippen molar-refractivity contribution in [3.63, 3.8) is 0 Å². The number of hydrogen-bond donors (Lipinski definition) is 1. The standard InChI is InChI=1S/C16H13BrN2O3S/c1-8-14(23-9(2)19-8)7-18-15(20)12-6-10-5-11(17)3-4-13(10)22-16(12)21/h3-6H,7H2,1-2H3,(H,18,20). The average Bonchev–Trinajstić information content (AvgIpc) is 2.82. The number of carbonyl (C=O) groups excluding carboxylic acids is 1. The number of amides is 1. The van der Waals surface area contributed by atoms with Gasteiger partial charge in [0, 0.05) is 14.7 Å². The molecule has 5 nitrogen and oxygen atoms in total. The highest BCUT2D eigenvalue weighted by Crippen LogP contribution is 2.20. The molecule has 1 amide bonds. The first kappa shape index (κ1) is 15.9. The minimum absolute atomic E-state index is 0.00510. The normalized spacial score (nSPS) is 10.9. The molecule has 0 aliphatic heterocycles. The Kier molecular flexibility index (Phi) is 4.32. The molecular formula is C16H13BrN2O3S. The zero-order valence-corrected chi connectivity index (χ0v) is 14.9. The predicted molar refractivity (Wildman–Crippen MR) is 92.9 cm³/mol. The molecule has 0 unspecified atom stereocenters. The van der Waals surface area contributed by atoms with Crippen molar-refractivity contribution >= 4 is 44.1 Å². The number of aryl methyl sites for hydroxylation is 2. The molecule has 0 spiro atoms. The number of nitrogens with zero attached hydrogens (tertiary/aromatic N) is 1. The van der Waals surface area contributed by atoms with Crippen LogP contribution < -0.4 is 10.9 Å². The van der Waals surface area contributed by atoms with Crippen molar-refractivity contribution in [2.75, 3.05) is 0 Å². The molecular weight excluding hydrogens is 380 g/mol. The Morgan fingerprint density at radius 1 is 1.35 bits per heavy atom. The number of aromatic nitrogens is 1. The van der Waals surface area contributed by atoms with Crippen molar-refractivity contribution in [1.29, 1.82) is 0 Å². The fourth-order valence-corrected chi connectivity index (χ4v) is 3.50. The number of fused-ring (bicyclic) bond motifs is 1. The molecule has 7 heteroatoms. The summed E-state index contributed by atoms with van der Waals surface area (Å²) in [5, 5.41) is 4.38. The molecule has 1 N–H and O–H groups in total. The summed E-state index contributed by atoms with van der Waals surface area (Å²) in [7, 11) is 0. The lowest BCUT2D eigenvalue weighted by Gasteiger charge is -2.05. The Morgan fingerprint density at radius 3 is 2.83 bits per heavy atom. The molecule has 0 fully saturated rings. The molecule has 0 bridgehead atoms. The monoisotopic (exact) mass is 392 g/mol. The average molecular weight is 393 g/mol. The van der Waals surface area contributed by atoms with Crippen LogP contribution in [0.5, 0.6) is 0 Å². The molecule has 0 aliphatic carbocycles. The minimum Gasteiger partial charge on any atom is -0.422 e. The van der Waals surface area contributed by atoms with E-state index in [0.29, 0.717) is 17.5 Å². The number of nitrogens with one attached hydrogen (secondary N) is 1. The van der Waals surface area contributed by atoms with Crippen LogP contribution in [0.2, 0.25) is 0 Å². The summed E-state index contributed by atoms with van der Waals surface area (Å²) in [5.74, 6) is -0.453. The summed E-state index contributed by atoms with van der Waals surface area (Å²) in [6.45, 7) is 4.15. The molecule has 0 aliphatic rings. The van der Waals surface area contributed by atoms with Crippen LogP contribution in [0.4, 0.5) is 0 Å². The number of rotatable bonds is 3. The van der Waals surface area contributed by atoms with Crippen LogP contribution in [-0.2, 0) is 6.54 Å². The lowest BCUT2D eigenvalue weighted by molar-refractivity contribution is 0.0947. The third-order valence-electron chi connectivity index (χ3n) is 3.35. The van der Waals surface area contributed by atoms with Crippen LogP contribution in [0.25, 0.3) is 11.0 Å². The van der Waals surface area contributed by atoms with Crippen LogP contribution in [-0.4, -0.2) is 10.9 Å². The zero-order chi connectivity index (χ0) is 16.6. The van der Waals surface area contributed by atoms with Gasteiger partial charge < -0.3 is 9.73 Å². The van der Waals surface area contributed by atoms with E-state index in [-0.39, 0.29) is 5.56 Å². The van der Waals surface area contributed by atoms with Crippen LogP contribution in [0.15, 0.2) is 37.9 Å². The van der Waals surface area contributed by atoms with Gasteiger partial charge in [0.25, 0.3) is 5.91 Å². The molecule has 2 heterocycles. The second-order valence-corrected chi connectivity index (χ2v) is 7.26. The third-order valence-corrected chi connectivity index (χ3v) is 4.91. The smallest absolute Gasteiger partial charge is 0.349 e. The van der Waals surface area contributed by atoms with E-state index in [1.807, 2.05) is 13.8 Å². The van der Waals surface area contributed by atoms with Crippen molar-refractivity contribution < 1.29 is 9.21 Å². The molecule has 0 atom stereocenters. The first-order valence-electron chi connectivity index (χ1n) is 6.88. The quantitative estimate of drug-likeness (QED) is 0.691. The number of benzene rings is 1. The van der Waals surface area contributed by atoms with Gasteiger partial charge in [-0.2, -0.15) is 0 Å². The van der Waals surface area contributed by atoms with Crippen LogP contribution in [0, 0.1) is 13.8 Å². The topological polar surface area (TPSA) is 72.2 Å². The first-order chi connectivity index (χ1) is 10.9. The molecule has 3 aromatic rings.